The number of carboxylic acid groups (broad SMARTS) is 1. The molecule has 1 rings (SSSR count). The smallest absolute Gasteiger partial charge is 0.328 e. The van der Waals surface area contributed by atoms with Crippen LogP contribution >= 0.6 is 0 Å². The zero-order valence-electron chi connectivity index (χ0n) is 15.5. The fraction of sp³-hybridized carbons (Fsp3) is 0.833. The molecular weight excluding hydrogens is 308 g/mol. The fourth-order valence-corrected chi connectivity index (χ4v) is 3.67. The van der Waals surface area contributed by atoms with Crippen molar-refractivity contribution in [2.75, 3.05) is 6.54 Å². The Kier molecular flexibility index (Phi) is 7.86. The third-order valence-corrected chi connectivity index (χ3v) is 4.71. The van der Waals surface area contributed by atoms with Crippen LogP contribution < -0.4 is 5.32 Å². The number of hydroxylamine groups is 2. The maximum absolute atomic E-state index is 10.4. The molecule has 6 nitrogen and oxygen atoms in total. The lowest BCUT2D eigenvalue weighted by Crippen LogP contribution is -2.62. The van der Waals surface area contributed by atoms with E-state index in [0.717, 1.165) is 44.7 Å². The van der Waals surface area contributed by atoms with Crippen molar-refractivity contribution in [1.82, 2.24) is 10.4 Å². The van der Waals surface area contributed by atoms with Crippen molar-refractivity contribution in [3.8, 4) is 0 Å². The van der Waals surface area contributed by atoms with Crippen LogP contribution in [0.15, 0.2) is 12.2 Å². The standard InChI is InChI=1S/C18H34N2O4/c1-17(2)12-14(13-18(3,4)20(17)24)19-11-7-5-6-8-15(21)9-10-16(22)23/h9-10,14-15,19,21,24H,5-8,11-13H2,1-4H3,(H,22,23). The van der Waals surface area contributed by atoms with Gasteiger partial charge in [0.2, 0.25) is 0 Å². The van der Waals surface area contributed by atoms with Gasteiger partial charge in [-0.25, -0.2) is 4.79 Å². The third-order valence-electron chi connectivity index (χ3n) is 4.71. The van der Waals surface area contributed by atoms with Crippen LogP contribution in [0.1, 0.15) is 66.2 Å². The van der Waals surface area contributed by atoms with Gasteiger partial charge in [-0.05, 0) is 66.0 Å². The summed E-state index contributed by atoms with van der Waals surface area (Å²) < 4.78 is 0. The molecule has 0 aromatic rings. The molecule has 1 fully saturated rings. The first kappa shape index (κ1) is 21.1. The van der Waals surface area contributed by atoms with Gasteiger partial charge in [-0.2, -0.15) is 5.06 Å². The number of unbranched alkanes of at least 4 members (excludes halogenated alkanes) is 2. The summed E-state index contributed by atoms with van der Waals surface area (Å²) in [4.78, 5) is 10.4. The number of aliphatic hydroxyl groups excluding tert-OH is 1. The van der Waals surface area contributed by atoms with Crippen molar-refractivity contribution in [2.24, 2.45) is 0 Å². The molecule has 1 atom stereocenters. The zero-order valence-corrected chi connectivity index (χ0v) is 15.5. The average molecular weight is 342 g/mol. The average Bonchev–Trinajstić information content (AvgIpc) is 2.45. The second-order valence-electron chi connectivity index (χ2n) is 8.11. The number of piperidine rings is 1. The molecule has 4 N–H and O–H groups in total. The Morgan fingerprint density at radius 3 is 2.33 bits per heavy atom. The Balaban J connectivity index is 2.21. The van der Waals surface area contributed by atoms with E-state index in [1.54, 1.807) is 0 Å². The summed E-state index contributed by atoms with van der Waals surface area (Å²) in [6.45, 7) is 9.18. The number of nitrogens with one attached hydrogen (secondary N) is 1. The summed E-state index contributed by atoms with van der Waals surface area (Å²) in [6, 6.07) is 0.391. The van der Waals surface area contributed by atoms with Gasteiger partial charge in [0.25, 0.3) is 0 Å². The monoisotopic (exact) mass is 342 g/mol. The van der Waals surface area contributed by atoms with Gasteiger partial charge >= 0.3 is 5.97 Å². The SMILES string of the molecule is CC1(C)CC(NCCCCCC(O)C=CC(=O)O)CC(C)(C)N1O. The Hall–Kier alpha value is -0.950. The number of rotatable bonds is 9. The summed E-state index contributed by atoms with van der Waals surface area (Å²) in [5.74, 6) is -1.03. The van der Waals surface area contributed by atoms with Gasteiger partial charge in [0, 0.05) is 23.2 Å². The van der Waals surface area contributed by atoms with Crippen molar-refractivity contribution in [2.45, 2.75) is 89.4 Å². The third kappa shape index (κ3) is 6.89. The largest absolute Gasteiger partial charge is 0.478 e. The van der Waals surface area contributed by atoms with Gasteiger partial charge in [-0.3, -0.25) is 0 Å². The zero-order chi connectivity index (χ0) is 18.4. The van der Waals surface area contributed by atoms with Gasteiger partial charge in [0.1, 0.15) is 0 Å². The second-order valence-corrected chi connectivity index (χ2v) is 8.11. The lowest BCUT2D eigenvalue weighted by Gasteiger charge is -2.51. The first-order valence-corrected chi connectivity index (χ1v) is 8.86. The van der Waals surface area contributed by atoms with Gasteiger partial charge < -0.3 is 20.7 Å². The predicted octanol–water partition coefficient (Wildman–Crippen LogP) is 2.55. The summed E-state index contributed by atoms with van der Waals surface area (Å²) in [5.41, 5.74) is -0.472. The van der Waals surface area contributed by atoms with E-state index in [1.165, 1.54) is 11.1 Å². The maximum atomic E-state index is 10.4. The Morgan fingerprint density at radius 2 is 1.79 bits per heavy atom. The van der Waals surface area contributed by atoms with Crippen molar-refractivity contribution in [3.05, 3.63) is 12.2 Å². The molecule has 1 saturated heterocycles. The summed E-state index contributed by atoms with van der Waals surface area (Å²) in [7, 11) is 0. The molecule has 0 aliphatic carbocycles. The quantitative estimate of drug-likeness (QED) is 0.380. The number of carboxylic acids is 1. The molecule has 0 amide bonds. The summed E-state index contributed by atoms with van der Waals surface area (Å²) in [6.07, 6.45) is 6.94. The van der Waals surface area contributed by atoms with Crippen LogP contribution in [0.4, 0.5) is 0 Å². The number of aliphatic carboxylic acids is 1. The van der Waals surface area contributed by atoms with Gasteiger partial charge in [-0.15, -0.1) is 0 Å². The van der Waals surface area contributed by atoms with E-state index in [9.17, 15) is 15.1 Å². The van der Waals surface area contributed by atoms with Crippen LogP contribution in [-0.2, 0) is 4.79 Å². The molecule has 1 unspecified atom stereocenters. The fourth-order valence-electron chi connectivity index (χ4n) is 3.67. The van der Waals surface area contributed by atoms with Crippen molar-refractivity contribution in [3.63, 3.8) is 0 Å². The number of aliphatic hydroxyl groups is 1. The molecule has 1 heterocycles. The topological polar surface area (TPSA) is 93.0 Å². The van der Waals surface area contributed by atoms with E-state index >= 15 is 0 Å². The molecule has 0 aromatic carbocycles. The second kappa shape index (κ2) is 8.94. The normalized spacial score (nSPS) is 22.8. The minimum absolute atomic E-state index is 0.236. The van der Waals surface area contributed by atoms with Crippen LogP contribution in [0.5, 0.6) is 0 Å². The van der Waals surface area contributed by atoms with E-state index in [1.807, 2.05) is 0 Å². The molecule has 0 aromatic heterocycles. The lowest BCUT2D eigenvalue weighted by atomic mass is 9.79. The molecule has 0 radical (unpaired) electrons. The lowest BCUT2D eigenvalue weighted by molar-refractivity contribution is -0.246. The van der Waals surface area contributed by atoms with Crippen LogP contribution in [-0.4, -0.2) is 56.2 Å². The number of nitrogens with zero attached hydrogens (tertiary/aromatic N) is 1. The molecule has 0 saturated carbocycles. The molecule has 1 aliphatic heterocycles. The number of carbonyl (C=O) groups is 1. The number of hydrogen-bond donors (Lipinski definition) is 4. The van der Waals surface area contributed by atoms with Gasteiger partial charge in [-0.1, -0.05) is 12.8 Å². The minimum Gasteiger partial charge on any atom is -0.478 e. The highest BCUT2D eigenvalue weighted by molar-refractivity contribution is 5.79. The molecule has 0 bridgehead atoms. The van der Waals surface area contributed by atoms with E-state index in [-0.39, 0.29) is 11.1 Å². The van der Waals surface area contributed by atoms with E-state index < -0.39 is 12.1 Å². The Bertz CT molecular complexity index is 417. The van der Waals surface area contributed by atoms with E-state index in [2.05, 4.69) is 33.0 Å². The minimum atomic E-state index is -1.03. The summed E-state index contributed by atoms with van der Waals surface area (Å²) >= 11 is 0. The van der Waals surface area contributed by atoms with Gasteiger partial charge in [0.15, 0.2) is 0 Å². The molecule has 1 aliphatic rings. The van der Waals surface area contributed by atoms with E-state index in [4.69, 9.17) is 5.11 Å². The molecule has 0 spiro atoms. The Morgan fingerprint density at radius 1 is 1.21 bits per heavy atom. The van der Waals surface area contributed by atoms with Crippen LogP contribution in [0, 0.1) is 0 Å². The van der Waals surface area contributed by atoms with Crippen LogP contribution in [0.2, 0.25) is 0 Å². The van der Waals surface area contributed by atoms with Crippen LogP contribution in [0.25, 0.3) is 0 Å². The molecular formula is C18H34N2O4. The molecule has 24 heavy (non-hydrogen) atoms. The highest BCUT2D eigenvalue weighted by atomic mass is 16.5. The first-order chi connectivity index (χ1) is 11.0. The van der Waals surface area contributed by atoms with Gasteiger partial charge in [0.05, 0.1) is 6.10 Å². The van der Waals surface area contributed by atoms with Crippen LogP contribution in [0.3, 0.4) is 0 Å². The molecule has 140 valence electrons. The van der Waals surface area contributed by atoms with E-state index in [0.29, 0.717) is 12.5 Å². The first-order valence-electron chi connectivity index (χ1n) is 8.86. The van der Waals surface area contributed by atoms with Crippen molar-refractivity contribution >= 4 is 5.97 Å². The van der Waals surface area contributed by atoms with Crippen molar-refractivity contribution in [1.29, 1.82) is 0 Å². The Labute approximate surface area is 145 Å². The summed E-state index contributed by atoms with van der Waals surface area (Å²) in [5, 5.41) is 33.5. The molecule has 6 heteroatoms. The predicted molar refractivity (Wildman–Crippen MR) is 94.1 cm³/mol. The highest BCUT2D eigenvalue weighted by Gasteiger charge is 2.44. The maximum Gasteiger partial charge on any atom is 0.328 e. The highest BCUT2D eigenvalue weighted by Crippen LogP contribution is 2.36. The number of hydrogen-bond acceptors (Lipinski definition) is 5. The van der Waals surface area contributed by atoms with Crippen molar-refractivity contribution < 1.29 is 20.2 Å².